The van der Waals surface area contributed by atoms with E-state index in [0.717, 1.165) is 5.56 Å². The van der Waals surface area contributed by atoms with Crippen molar-refractivity contribution in [3.8, 4) is 0 Å². The number of amides is 2. The Hall–Kier alpha value is -2.04. The van der Waals surface area contributed by atoms with Crippen LogP contribution in [-0.2, 0) is 4.74 Å². The first kappa shape index (κ1) is 13.9. The monoisotopic (exact) mass is 288 g/mol. The third-order valence-corrected chi connectivity index (χ3v) is 3.89. The number of carbonyl (C=O) groups is 2. The zero-order valence-corrected chi connectivity index (χ0v) is 12.6. The number of benzene rings is 1. The molecule has 3 rings (SSSR count). The number of hydrogen-bond donors (Lipinski definition) is 1. The van der Waals surface area contributed by atoms with Crippen molar-refractivity contribution in [1.82, 2.24) is 10.2 Å². The molecule has 0 spiro atoms. The van der Waals surface area contributed by atoms with Crippen molar-refractivity contribution in [3.63, 3.8) is 0 Å². The van der Waals surface area contributed by atoms with Crippen LogP contribution in [0.15, 0.2) is 24.3 Å². The van der Waals surface area contributed by atoms with Gasteiger partial charge in [-0.15, -0.1) is 0 Å². The van der Waals surface area contributed by atoms with E-state index in [0.29, 0.717) is 18.7 Å². The number of carbonyl (C=O) groups excluding carboxylic acids is 2. The van der Waals surface area contributed by atoms with Gasteiger partial charge in [-0.05, 0) is 32.4 Å². The number of nitrogens with zero attached hydrogens (tertiary/aromatic N) is 1. The fourth-order valence-corrected chi connectivity index (χ4v) is 3.01. The molecule has 5 nitrogen and oxygen atoms in total. The molecule has 0 saturated carbocycles. The Labute approximate surface area is 124 Å². The van der Waals surface area contributed by atoms with Crippen LogP contribution in [0.5, 0.6) is 0 Å². The molecule has 1 aromatic carbocycles. The lowest BCUT2D eigenvalue weighted by molar-refractivity contribution is 0.0288. The van der Waals surface area contributed by atoms with Gasteiger partial charge in [0.2, 0.25) is 0 Å². The van der Waals surface area contributed by atoms with Crippen molar-refractivity contribution in [2.24, 2.45) is 0 Å². The first-order chi connectivity index (χ1) is 9.85. The van der Waals surface area contributed by atoms with Crippen molar-refractivity contribution in [1.29, 1.82) is 0 Å². The van der Waals surface area contributed by atoms with E-state index in [2.05, 4.69) is 5.32 Å². The average Bonchev–Trinajstić information content (AvgIpc) is 2.81. The number of likely N-dealkylation sites (tertiary alicyclic amines) is 1. The first-order valence-corrected chi connectivity index (χ1v) is 7.23. The molecule has 0 bridgehead atoms. The van der Waals surface area contributed by atoms with Crippen LogP contribution in [0.3, 0.4) is 0 Å². The summed E-state index contributed by atoms with van der Waals surface area (Å²) in [5, 5.41) is 2.99. The highest BCUT2D eigenvalue weighted by Gasteiger charge is 2.42. The van der Waals surface area contributed by atoms with Gasteiger partial charge in [0.15, 0.2) is 0 Å². The smallest absolute Gasteiger partial charge is 0.410 e. The minimum atomic E-state index is -0.508. The zero-order valence-electron chi connectivity index (χ0n) is 12.6. The van der Waals surface area contributed by atoms with E-state index < -0.39 is 5.60 Å². The van der Waals surface area contributed by atoms with E-state index in [1.807, 2.05) is 45.0 Å². The summed E-state index contributed by atoms with van der Waals surface area (Å²) in [5.41, 5.74) is 1.23. The van der Waals surface area contributed by atoms with E-state index in [1.54, 1.807) is 4.90 Å². The van der Waals surface area contributed by atoms with Crippen LogP contribution in [0.2, 0.25) is 0 Å². The first-order valence-electron chi connectivity index (χ1n) is 7.23. The molecule has 5 heteroatoms. The highest BCUT2D eigenvalue weighted by atomic mass is 16.6. The molecule has 2 aliphatic heterocycles. The third-order valence-electron chi connectivity index (χ3n) is 3.89. The van der Waals surface area contributed by atoms with Crippen LogP contribution in [0.1, 0.15) is 42.6 Å². The maximum Gasteiger partial charge on any atom is 0.410 e. The number of nitrogens with one attached hydrogen (secondary N) is 1. The van der Waals surface area contributed by atoms with Gasteiger partial charge in [-0.3, -0.25) is 4.79 Å². The SMILES string of the molecule is CC(C)(C)OC(=O)N1C[C@H]2NC(=O)c3ccccc3[C@@H]2C1. The number of rotatable bonds is 0. The van der Waals surface area contributed by atoms with Crippen molar-refractivity contribution >= 4 is 12.0 Å². The highest BCUT2D eigenvalue weighted by Crippen LogP contribution is 2.34. The van der Waals surface area contributed by atoms with Crippen LogP contribution in [0, 0.1) is 0 Å². The van der Waals surface area contributed by atoms with Gasteiger partial charge < -0.3 is 15.0 Å². The number of ether oxygens (including phenoxy) is 1. The molecule has 1 N–H and O–H groups in total. The highest BCUT2D eigenvalue weighted by molar-refractivity contribution is 5.97. The van der Waals surface area contributed by atoms with E-state index in [-0.39, 0.29) is 24.0 Å². The Morgan fingerprint density at radius 3 is 2.71 bits per heavy atom. The summed E-state index contributed by atoms with van der Waals surface area (Å²) in [7, 11) is 0. The lowest BCUT2D eigenvalue weighted by Crippen LogP contribution is -2.44. The Morgan fingerprint density at radius 1 is 1.29 bits per heavy atom. The quantitative estimate of drug-likeness (QED) is 0.795. The van der Waals surface area contributed by atoms with Gasteiger partial charge in [0.25, 0.3) is 5.91 Å². The fourth-order valence-electron chi connectivity index (χ4n) is 3.01. The Bertz CT molecular complexity index is 591. The van der Waals surface area contributed by atoms with Crippen LogP contribution in [0.4, 0.5) is 4.79 Å². The molecule has 1 aromatic rings. The van der Waals surface area contributed by atoms with Crippen LogP contribution < -0.4 is 5.32 Å². The number of fused-ring (bicyclic) bond motifs is 3. The van der Waals surface area contributed by atoms with Gasteiger partial charge in [0, 0.05) is 24.6 Å². The second-order valence-corrected chi connectivity index (χ2v) is 6.66. The summed E-state index contributed by atoms with van der Waals surface area (Å²) in [4.78, 5) is 26.0. The average molecular weight is 288 g/mol. The van der Waals surface area contributed by atoms with Crippen LogP contribution in [0.25, 0.3) is 0 Å². The second kappa shape index (κ2) is 4.76. The lowest BCUT2D eigenvalue weighted by atomic mass is 9.86. The summed E-state index contributed by atoms with van der Waals surface area (Å²) in [6.07, 6.45) is -0.316. The molecule has 112 valence electrons. The molecule has 2 aliphatic rings. The molecule has 0 aromatic heterocycles. The standard InChI is InChI=1S/C16H20N2O3/c1-16(2,3)21-15(20)18-8-12-10-6-4-5-7-11(10)14(19)17-13(12)9-18/h4-7,12-13H,8-9H2,1-3H3,(H,17,19)/t12-,13+/m0/s1. The van der Waals surface area contributed by atoms with Gasteiger partial charge in [-0.1, -0.05) is 18.2 Å². The largest absolute Gasteiger partial charge is 0.444 e. The molecule has 1 fully saturated rings. The molecule has 2 heterocycles. The lowest BCUT2D eigenvalue weighted by Gasteiger charge is -2.27. The van der Waals surface area contributed by atoms with Gasteiger partial charge in [-0.25, -0.2) is 4.79 Å². The second-order valence-electron chi connectivity index (χ2n) is 6.66. The molecule has 0 aliphatic carbocycles. The molecular formula is C16H20N2O3. The summed E-state index contributed by atoms with van der Waals surface area (Å²) < 4.78 is 5.42. The molecule has 1 saturated heterocycles. The van der Waals surface area contributed by atoms with E-state index in [1.165, 1.54) is 0 Å². The fraction of sp³-hybridized carbons (Fsp3) is 0.500. The Morgan fingerprint density at radius 2 is 2.00 bits per heavy atom. The maximum absolute atomic E-state index is 12.2. The van der Waals surface area contributed by atoms with Crippen LogP contribution in [-0.4, -0.2) is 41.6 Å². The Balaban J connectivity index is 1.81. The van der Waals surface area contributed by atoms with E-state index >= 15 is 0 Å². The minimum absolute atomic E-state index is 0.0279. The zero-order chi connectivity index (χ0) is 15.2. The molecule has 21 heavy (non-hydrogen) atoms. The molecule has 2 atom stereocenters. The van der Waals surface area contributed by atoms with Gasteiger partial charge in [0.05, 0.1) is 6.04 Å². The van der Waals surface area contributed by atoms with Crippen LogP contribution >= 0.6 is 0 Å². The Kier molecular flexibility index (Phi) is 3.15. The summed E-state index contributed by atoms with van der Waals surface area (Å²) >= 11 is 0. The van der Waals surface area contributed by atoms with E-state index in [9.17, 15) is 9.59 Å². The maximum atomic E-state index is 12.2. The predicted molar refractivity (Wildman–Crippen MR) is 78.2 cm³/mol. The molecule has 0 radical (unpaired) electrons. The van der Waals surface area contributed by atoms with Gasteiger partial charge in [-0.2, -0.15) is 0 Å². The molecule has 2 amide bonds. The summed E-state index contributed by atoms with van der Waals surface area (Å²) in [6, 6.07) is 7.57. The van der Waals surface area contributed by atoms with Crippen molar-refractivity contribution in [2.45, 2.75) is 38.3 Å². The van der Waals surface area contributed by atoms with Gasteiger partial charge >= 0.3 is 6.09 Å². The normalized spacial score (nSPS) is 24.1. The van der Waals surface area contributed by atoms with Crippen molar-refractivity contribution < 1.29 is 14.3 Å². The summed E-state index contributed by atoms with van der Waals surface area (Å²) in [5.74, 6) is 0.0873. The summed E-state index contributed by atoms with van der Waals surface area (Å²) in [6.45, 7) is 6.64. The number of hydrogen-bond acceptors (Lipinski definition) is 3. The van der Waals surface area contributed by atoms with Gasteiger partial charge in [0.1, 0.15) is 5.60 Å². The van der Waals surface area contributed by atoms with Crippen molar-refractivity contribution in [3.05, 3.63) is 35.4 Å². The minimum Gasteiger partial charge on any atom is -0.444 e. The predicted octanol–water partition coefficient (Wildman–Crippen LogP) is 2.13. The third kappa shape index (κ3) is 2.60. The van der Waals surface area contributed by atoms with Crippen molar-refractivity contribution in [2.75, 3.05) is 13.1 Å². The molecular weight excluding hydrogens is 268 g/mol. The molecule has 0 unspecified atom stereocenters. The topological polar surface area (TPSA) is 58.6 Å². The van der Waals surface area contributed by atoms with E-state index in [4.69, 9.17) is 4.74 Å².